The number of anilines is 1. The van der Waals surface area contributed by atoms with Crippen molar-refractivity contribution in [2.45, 2.75) is 19.9 Å². The summed E-state index contributed by atoms with van der Waals surface area (Å²) >= 11 is 3.22. The molecule has 1 rings (SSSR count). The monoisotopic (exact) mass is 245 g/mol. The van der Waals surface area contributed by atoms with E-state index in [9.17, 15) is 4.79 Å². The fourth-order valence-corrected chi connectivity index (χ4v) is 1.47. The van der Waals surface area contributed by atoms with Crippen molar-refractivity contribution in [2.24, 2.45) is 0 Å². The summed E-state index contributed by atoms with van der Waals surface area (Å²) in [6.45, 7) is 3.83. The number of nitrogens with zero attached hydrogens (tertiary/aromatic N) is 2. The van der Waals surface area contributed by atoms with Crippen molar-refractivity contribution in [3.8, 4) is 0 Å². The van der Waals surface area contributed by atoms with Gasteiger partial charge < -0.3 is 5.32 Å². The van der Waals surface area contributed by atoms with Crippen molar-refractivity contribution >= 4 is 21.6 Å². The first-order valence-corrected chi connectivity index (χ1v) is 4.82. The van der Waals surface area contributed by atoms with E-state index < -0.39 is 0 Å². The van der Waals surface area contributed by atoms with Crippen molar-refractivity contribution in [2.75, 3.05) is 12.4 Å². The van der Waals surface area contributed by atoms with Gasteiger partial charge in [-0.1, -0.05) is 0 Å². The lowest BCUT2D eigenvalue weighted by atomic mass is 10.4. The van der Waals surface area contributed by atoms with Gasteiger partial charge in [-0.2, -0.15) is 5.10 Å². The van der Waals surface area contributed by atoms with Crippen molar-refractivity contribution in [1.82, 2.24) is 9.78 Å². The number of rotatable bonds is 2. The van der Waals surface area contributed by atoms with Crippen LogP contribution in [0.2, 0.25) is 0 Å². The molecule has 72 valence electrons. The van der Waals surface area contributed by atoms with Gasteiger partial charge in [0.05, 0.1) is 17.9 Å². The van der Waals surface area contributed by atoms with Crippen molar-refractivity contribution < 1.29 is 0 Å². The largest absolute Gasteiger partial charge is 0.386 e. The molecule has 0 saturated carbocycles. The molecule has 0 spiro atoms. The van der Waals surface area contributed by atoms with Gasteiger partial charge in [-0.25, -0.2) is 4.68 Å². The highest BCUT2D eigenvalue weighted by molar-refractivity contribution is 9.10. The molecule has 0 bridgehead atoms. The maximum absolute atomic E-state index is 11.6. The first kappa shape index (κ1) is 10.2. The van der Waals surface area contributed by atoms with Crippen LogP contribution in [0.5, 0.6) is 0 Å². The van der Waals surface area contributed by atoms with E-state index in [-0.39, 0.29) is 11.6 Å². The second-order valence-corrected chi connectivity index (χ2v) is 3.76. The number of hydrogen-bond acceptors (Lipinski definition) is 3. The van der Waals surface area contributed by atoms with Crippen LogP contribution in [0.1, 0.15) is 19.9 Å². The Hall–Kier alpha value is -0.840. The van der Waals surface area contributed by atoms with Gasteiger partial charge in [0, 0.05) is 7.05 Å². The molecule has 1 aromatic rings. The van der Waals surface area contributed by atoms with Crippen LogP contribution in [0.4, 0.5) is 5.69 Å². The summed E-state index contributed by atoms with van der Waals surface area (Å²) < 4.78 is 1.96. The van der Waals surface area contributed by atoms with E-state index in [0.29, 0.717) is 10.2 Å². The normalized spacial score (nSPS) is 10.5. The summed E-state index contributed by atoms with van der Waals surface area (Å²) in [7, 11) is 1.75. The molecule has 4 nitrogen and oxygen atoms in total. The van der Waals surface area contributed by atoms with Crippen LogP contribution in [0, 0.1) is 0 Å². The molecule has 1 aromatic heterocycles. The Balaban J connectivity index is 3.32. The molecular formula is C8H12BrN3O. The Kier molecular flexibility index (Phi) is 3.08. The number of hydrogen-bond donors (Lipinski definition) is 1. The first-order valence-electron chi connectivity index (χ1n) is 4.03. The van der Waals surface area contributed by atoms with Crippen LogP contribution in [0.25, 0.3) is 0 Å². The standard InChI is InChI=1S/C8H12BrN3O/c1-5(2)12-8(13)7(9)6(10-3)4-11-12/h4-5,10H,1-3H3. The zero-order valence-corrected chi connectivity index (χ0v) is 9.42. The molecule has 1 heterocycles. The molecule has 0 radical (unpaired) electrons. The van der Waals surface area contributed by atoms with Crippen LogP contribution >= 0.6 is 15.9 Å². The minimum Gasteiger partial charge on any atom is -0.386 e. The van der Waals surface area contributed by atoms with E-state index in [4.69, 9.17) is 0 Å². The predicted octanol–water partition coefficient (Wildman–Crippen LogP) is 1.63. The van der Waals surface area contributed by atoms with Crippen LogP contribution in [-0.2, 0) is 0 Å². The van der Waals surface area contributed by atoms with Crippen LogP contribution in [0.3, 0.4) is 0 Å². The topological polar surface area (TPSA) is 46.9 Å². The summed E-state index contributed by atoms with van der Waals surface area (Å²) in [6.07, 6.45) is 1.63. The zero-order chi connectivity index (χ0) is 10.0. The summed E-state index contributed by atoms with van der Waals surface area (Å²) in [6, 6.07) is 0.0784. The molecule has 13 heavy (non-hydrogen) atoms. The molecule has 1 N–H and O–H groups in total. The average Bonchev–Trinajstić information content (AvgIpc) is 2.09. The summed E-state index contributed by atoms with van der Waals surface area (Å²) in [5.41, 5.74) is 0.601. The highest BCUT2D eigenvalue weighted by Gasteiger charge is 2.08. The molecule has 0 aromatic carbocycles. The highest BCUT2D eigenvalue weighted by Crippen LogP contribution is 2.15. The molecule has 0 saturated heterocycles. The van der Waals surface area contributed by atoms with E-state index in [2.05, 4.69) is 26.3 Å². The van der Waals surface area contributed by atoms with Gasteiger partial charge >= 0.3 is 0 Å². The van der Waals surface area contributed by atoms with E-state index in [1.165, 1.54) is 4.68 Å². The fraction of sp³-hybridized carbons (Fsp3) is 0.500. The quantitative estimate of drug-likeness (QED) is 0.862. The van der Waals surface area contributed by atoms with Crippen molar-refractivity contribution in [1.29, 1.82) is 0 Å². The molecule has 0 aliphatic heterocycles. The molecule has 5 heteroatoms. The Labute approximate surface area is 85.1 Å². The lowest BCUT2D eigenvalue weighted by Gasteiger charge is -2.10. The lowest BCUT2D eigenvalue weighted by Crippen LogP contribution is -2.25. The Morgan fingerprint density at radius 2 is 2.23 bits per heavy atom. The number of nitrogens with one attached hydrogen (secondary N) is 1. The molecule has 0 atom stereocenters. The van der Waals surface area contributed by atoms with Gasteiger partial charge in [0.1, 0.15) is 4.47 Å². The second-order valence-electron chi connectivity index (χ2n) is 2.97. The maximum Gasteiger partial charge on any atom is 0.283 e. The Bertz CT molecular complexity index is 359. The highest BCUT2D eigenvalue weighted by atomic mass is 79.9. The molecule has 0 aliphatic carbocycles. The van der Waals surface area contributed by atoms with Crippen molar-refractivity contribution in [3.05, 3.63) is 21.0 Å². The van der Waals surface area contributed by atoms with E-state index in [1.807, 2.05) is 13.8 Å². The average molecular weight is 246 g/mol. The number of halogens is 1. The third-order valence-electron chi connectivity index (χ3n) is 1.70. The third-order valence-corrected chi connectivity index (χ3v) is 2.47. The van der Waals surface area contributed by atoms with Crippen LogP contribution < -0.4 is 10.9 Å². The summed E-state index contributed by atoms with van der Waals surface area (Å²) in [4.78, 5) is 11.6. The third kappa shape index (κ3) is 1.91. The van der Waals surface area contributed by atoms with Gasteiger partial charge in [-0.15, -0.1) is 0 Å². The van der Waals surface area contributed by atoms with Gasteiger partial charge in [-0.3, -0.25) is 4.79 Å². The number of aromatic nitrogens is 2. The van der Waals surface area contributed by atoms with Gasteiger partial charge in [0.2, 0.25) is 0 Å². The second kappa shape index (κ2) is 3.91. The maximum atomic E-state index is 11.6. The van der Waals surface area contributed by atoms with Gasteiger partial charge in [-0.05, 0) is 29.8 Å². The predicted molar refractivity (Wildman–Crippen MR) is 56.1 cm³/mol. The Morgan fingerprint density at radius 3 is 2.69 bits per heavy atom. The lowest BCUT2D eigenvalue weighted by molar-refractivity contribution is 0.501. The van der Waals surface area contributed by atoms with E-state index >= 15 is 0 Å². The molecule has 0 aliphatic rings. The molecule has 0 fully saturated rings. The summed E-state index contributed by atoms with van der Waals surface area (Å²) in [5.74, 6) is 0. The van der Waals surface area contributed by atoms with Gasteiger partial charge in [0.15, 0.2) is 0 Å². The minimum absolute atomic E-state index is 0.0784. The van der Waals surface area contributed by atoms with Crippen LogP contribution in [-0.4, -0.2) is 16.8 Å². The molecule has 0 amide bonds. The SMILES string of the molecule is CNc1cnn(C(C)C)c(=O)c1Br. The Morgan fingerprint density at radius 1 is 1.62 bits per heavy atom. The minimum atomic E-state index is -0.109. The first-order chi connectivity index (χ1) is 6.07. The summed E-state index contributed by atoms with van der Waals surface area (Å²) in [5, 5.41) is 6.90. The fourth-order valence-electron chi connectivity index (χ4n) is 0.987. The molecule has 0 unspecified atom stereocenters. The van der Waals surface area contributed by atoms with Gasteiger partial charge in [0.25, 0.3) is 5.56 Å². The van der Waals surface area contributed by atoms with Crippen molar-refractivity contribution in [3.63, 3.8) is 0 Å². The van der Waals surface area contributed by atoms with E-state index in [0.717, 1.165) is 0 Å². The zero-order valence-electron chi connectivity index (χ0n) is 7.84. The molecular weight excluding hydrogens is 234 g/mol. The smallest absolute Gasteiger partial charge is 0.283 e. The van der Waals surface area contributed by atoms with Crippen LogP contribution in [0.15, 0.2) is 15.5 Å². The van der Waals surface area contributed by atoms with E-state index in [1.54, 1.807) is 13.2 Å².